The first kappa shape index (κ1) is 8.26. The van der Waals surface area contributed by atoms with E-state index in [1.54, 1.807) is 4.68 Å². The summed E-state index contributed by atoms with van der Waals surface area (Å²) in [6, 6.07) is 1.95. The third-order valence-electron chi connectivity index (χ3n) is 2.28. The number of aliphatic hydroxyl groups is 1. The van der Waals surface area contributed by atoms with Crippen molar-refractivity contribution >= 4 is 15.9 Å². The summed E-state index contributed by atoms with van der Waals surface area (Å²) in [4.78, 5) is 0. The second kappa shape index (κ2) is 2.57. The van der Waals surface area contributed by atoms with E-state index < -0.39 is 5.60 Å². The van der Waals surface area contributed by atoms with Crippen molar-refractivity contribution in [2.75, 3.05) is 0 Å². The van der Waals surface area contributed by atoms with Gasteiger partial charge in [0.25, 0.3) is 0 Å². The van der Waals surface area contributed by atoms with Gasteiger partial charge in [0, 0.05) is 19.2 Å². The van der Waals surface area contributed by atoms with Crippen molar-refractivity contribution in [1.29, 1.82) is 0 Å². The van der Waals surface area contributed by atoms with Gasteiger partial charge in [-0.05, 0) is 34.8 Å². The van der Waals surface area contributed by atoms with Crippen LogP contribution in [0.15, 0.2) is 10.7 Å². The molecule has 66 valence electrons. The molecule has 4 heteroatoms. The maximum absolute atomic E-state index is 9.66. The normalized spacial score (nSPS) is 19.6. The van der Waals surface area contributed by atoms with E-state index in [0.717, 1.165) is 29.6 Å². The summed E-state index contributed by atoms with van der Waals surface area (Å²) in [5.74, 6) is 0. The summed E-state index contributed by atoms with van der Waals surface area (Å²) in [5, 5.41) is 13.8. The summed E-state index contributed by atoms with van der Waals surface area (Å²) in [5.41, 5.74) is 0.662. The average molecular weight is 231 g/mol. The van der Waals surface area contributed by atoms with E-state index in [-0.39, 0.29) is 0 Å². The van der Waals surface area contributed by atoms with Gasteiger partial charge in [0.05, 0.1) is 5.60 Å². The van der Waals surface area contributed by atoms with E-state index in [4.69, 9.17) is 0 Å². The van der Waals surface area contributed by atoms with E-state index in [9.17, 15) is 5.11 Å². The molecular formula is C8H11BrN2O. The van der Waals surface area contributed by atoms with E-state index in [2.05, 4.69) is 21.0 Å². The molecule has 1 saturated carbocycles. The van der Waals surface area contributed by atoms with Gasteiger partial charge in [-0.1, -0.05) is 0 Å². The number of halogens is 1. The lowest BCUT2D eigenvalue weighted by Gasteiger charge is -2.06. The average Bonchev–Trinajstić information content (AvgIpc) is 2.58. The Balaban J connectivity index is 2.17. The minimum Gasteiger partial charge on any atom is -0.389 e. The lowest BCUT2D eigenvalue weighted by molar-refractivity contribution is 0.148. The lowest BCUT2D eigenvalue weighted by atomic mass is 10.2. The van der Waals surface area contributed by atoms with Crippen LogP contribution in [0.5, 0.6) is 0 Å². The monoisotopic (exact) mass is 230 g/mol. The summed E-state index contributed by atoms with van der Waals surface area (Å²) >= 11 is 3.30. The van der Waals surface area contributed by atoms with Gasteiger partial charge in [0.2, 0.25) is 0 Å². The second-order valence-corrected chi connectivity index (χ2v) is 4.30. The van der Waals surface area contributed by atoms with Gasteiger partial charge < -0.3 is 5.11 Å². The minimum absolute atomic E-state index is 0.423. The Morgan fingerprint density at radius 3 is 2.83 bits per heavy atom. The Morgan fingerprint density at radius 1 is 1.75 bits per heavy atom. The first-order valence-corrected chi connectivity index (χ1v) is 4.79. The summed E-state index contributed by atoms with van der Waals surface area (Å²) in [6.07, 6.45) is 2.58. The van der Waals surface area contributed by atoms with Crippen LogP contribution >= 0.6 is 15.9 Å². The quantitative estimate of drug-likeness (QED) is 0.831. The van der Waals surface area contributed by atoms with Crippen molar-refractivity contribution in [3.63, 3.8) is 0 Å². The molecule has 0 amide bonds. The van der Waals surface area contributed by atoms with E-state index in [1.165, 1.54) is 0 Å². The van der Waals surface area contributed by atoms with Gasteiger partial charge in [0.1, 0.15) is 4.60 Å². The van der Waals surface area contributed by atoms with Crippen LogP contribution in [-0.2, 0) is 13.5 Å². The van der Waals surface area contributed by atoms with Gasteiger partial charge in [-0.25, -0.2) is 0 Å². The first-order valence-electron chi connectivity index (χ1n) is 4.00. The molecular weight excluding hydrogens is 220 g/mol. The molecule has 0 aromatic carbocycles. The van der Waals surface area contributed by atoms with Gasteiger partial charge in [0.15, 0.2) is 0 Å². The lowest BCUT2D eigenvalue weighted by Crippen LogP contribution is -2.13. The van der Waals surface area contributed by atoms with E-state index >= 15 is 0 Å². The Bertz CT molecular complexity index is 304. The molecule has 0 unspecified atom stereocenters. The Labute approximate surface area is 79.5 Å². The fraction of sp³-hybridized carbons (Fsp3) is 0.625. The molecule has 1 N–H and O–H groups in total. The second-order valence-electron chi connectivity index (χ2n) is 3.48. The van der Waals surface area contributed by atoms with Crippen molar-refractivity contribution in [2.24, 2.45) is 7.05 Å². The zero-order chi connectivity index (χ0) is 8.77. The fourth-order valence-corrected chi connectivity index (χ4v) is 1.79. The number of aryl methyl sites for hydroxylation is 1. The Hall–Kier alpha value is -0.350. The van der Waals surface area contributed by atoms with E-state index in [0.29, 0.717) is 0 Å². The molecule has 0 radical (unpaired) electrons. The molecule has 3 nitrogen and oxygen atoms in total. The van der Waals surface area contributed by atoms with Gasteiger partial charge >= 0.3 is 0 Å². The number of nitrogens with zero attached hydrogens (tertiary/aromatic N) is 2. The summed E-state index contributed by atoms with van der Waals surface area (Å²) in [6.45, 7) is 0. The smallest absolute Gasteiger partial charge is 0.128 e. The molecule has 12 heavy (non-hydrogen) atoms. The summed E-state index contributed by atoms with van der Waals surface area (Å²) in [7, 11) is 1.89. The van der Waals surface area contributed by atoms with Gasteiger partial charge in [-0.15, -0.1) is 0 Å². The maximum atomic E-state index is 9.66. The molecule has 1 aliphatic carbocycles. The highest BCUT2D eigenvalue weighted by Crippen LogP contribution is 2.38. The standard InChI is InChI=1S/C8H11BrN2O/c1-11-6(4-7(9)10-11)5-8(12)2-3-8/h4,12H,2-3,5H2,1H3. The largest absolute Gasteiger partial charge is 0.389 e. The molecule has 1 fully saturated rings. The molecule has 1 aromatic heterocycles. The Morgan fingerprint density at radius 2 is 2.42 bits per heavy atom. The van der Waals surface area contributed by atoms with Crippen molar-refractivity contribution in [2.45, 2.75) is 24.9 Å². The van der Waals surface area contributed by atoms with Crippen molar-refractivity contribution in [1.82, 2.24) is 9.78 Å². The minimum atomic E-state index is -0.423. The highest BCUT2D eigenvalue weighted by Gasteiger charge is 2.40. The van der Waals surface area contributed by atoms with Crippen molar-refractivity contribution in [3.8, 4) is 0 Å². The zero-order valence-electron chi connectivity index (χ0n) is 6.92. The molecule has 0 spiro atoms. The van der Waals surface area contributed by atoms with E-state index in [1.807, 2.05) is 13.1 Å². The van der Waals surface area contributed by atoms with Crippen LogP contribution in [0.1, 0.15) is 18.5 Å². The highest BCUT2D eigenvalue weighted by atomic mass is 79.9. The number of hydrogen-bond acceptors (Lipinski definition) is 2. The first-order chi connectivity index (χ1) is 5.59. The molecule has 0 bridgehead atoms. The van der Waals surface area contributed by atoms with Crippen LogP contribution in [0.2, 0.25) is 0 Å². The van der Waals surface area contributed by atoms with Crippen LogP contribution in [0.4, 0.5) is 0 Å². The third-order valence-corrected chi connectivity index (χ3v) is 2.67. The molecule has 1 aromatic rings. The molecule has 0 saturated heterocycles. The fourth-order valence-electron chi connectivity index (χ4n) is 1.29. The van der Waals surface area contributed by atoms with Crippen LogP contribution in [0.25, 0.3) is 0 Å². The van der Waals surface area contributed by atoms with Crippen LogP contribution in [0, 0.1) is 0 Å². The van der Waals surface area contributed by atoms with Crippen molar-refractivity contribution in [3.05, 3.63) is 16.4 Å². The maximum Gasteiger partial charge on any atom is 0.128 e. The molecule has 2 rings (SSSR count). The van der Waals surface area contributed by atoms with Gasteiger partial charge in [-0.2, -0.15) is 5.10 Å². The molecule has 0 aliphatic heterocycles. The number of hydrogen-bond donors (Lipinski definition) is 1. The number of rotatable bonds is 2. The third kappa shape index (κ3) is 1.54. The Kier molecular flexibility index (Phi) is 1.77. The zero-order valence-corrected chi connectivity index (χ0v) is 8.50. The topological polar surface area (TPSA) is 38.0 Å². The molecule has 0 atom stereocenters. The number of aromatic nitrogens is 2. The summed E-state index contributed by atoms with van der Waals surface area (Å²) < 4.78 is 2.64. The van der Waals surface area contributed by atoms with Crippen molar-refractivity contribution < 1.29 is 5.11 Å². The van der Waals surface area contributed by atoms with Crippen LogP contribution < -0.4 is 0 Å². The SMILES string of the molecule is Cn1nc(Br)cc1CC1(O)CC1. The highest BCUT2D eigenvalue weighted by molar-refractivity contribution is 9.10. The predicted molar refractivity (Wildman–Crippen MR) is 48.8 cm³/mol. The van der Waals surface area contributed by atoms with Crippen LogP contribution in [0.3, 0.4) is 0 Å². The molecule has 1 aliphatic rings. The van der Waals surface area contributed by atoms with Crippen LogP contribution in [-0.4, -0.2) is 20.5 Å². The predicted octanol–water partition coefficient (Wildman–Crippen LogP) is 1.25. The molecule has 1 heterocycles. The van der Waals surface area contributed by atoms with Gasteiger partial charge in [-0.3, -0.25) is 4.68 Å².